The zero-order valence-corrected chi connectivity index (χ0v) is 13.7. The van der Waals surface area contributed by atoms with Crippen LogP contribution in [-0.4, -0.2) is 43.0 Å². The van der Waals surface area contributed by atoms with Gasteiger partial charge >= 0.3 is 0 Å². The van der Waals surface area contributed by atoms with Gasteiger partial charge in [-0.1, -0.05) is 22.0 Å². The fourth-order valence-electron chi connectivity index (χ4n) is 2.47. The molecule has 1 saturated heterocycles. The Morgan fingerprint density at radius 1 is 1.57 bits per heavy atom. The first-order valence-electron chi connectivity index (χ1n) is 6.86. The molecule has 0 unspecified atom stereocenters. The van der Waals surface area contributed by atoms with E-state index in [9.17, 15) is 9.59 Å². The molecule has 0 bridgehead atoms. The van der Waals surface area contributed by atoms with E-state index in [0.29, 0.717) is 13.2 Å². The maximum absolute atomic E-state index is 12.3. The van der Waals surface area contributed by atoms with Crippen LogP contribution < -0.4 is 5.32 Å². The summed E-state index contributed by atoms with van der Waals surface area (Å²) in [5.41, 5.74) is 0.727. The van der Waals surface area contributed by atoms with E-state index in [4.69, 9.17) is 4.74 Å². The molecule has 2 rings (SSSR count). The lowest BCUT2D eigenvalue weighted by molar-refractivity contribution is -0.130. The SMILES string of the molecule is COC[C@@H](C)N1C[C@@H](C(=O)Nc2cccc(Br)c2)CC1=O. The highest BCUT2D eigenvalue weighted by atomic mass is 79.9. The standard InChI is InChI=1S/C15H19BrN2O3/c1-10(9-21-2)18-8-11(6-14(18)19)15(20)17-13-5-3-4-12(16)7-13/h3-5,7,10-11H,6,8-9H2,1-2H3,(H,17,20)/t10-,11+/m1/s1. The molecule has 2 amide bonds. The second kappa shape index (κ2) is 7.04. The number of carbonyl (C=O) groups excluding carboxylic acids is 2. The monoisotopic (exact) mass is 354 g/mol. The number of benzene rings is 1. The van der Waals surface area contributed by atoms with Gasteiger partial charge in [-0.15, -0.1) is 0 Å². The zero-order chi connectivity index (χ0) is 15.4. The van der Waals surface area contributed by atoms with Gasteiger partial charge in [-0.2, -0.15) is 0 Å². The van der Waals surface area contributed by atoms with Gasteiger partial charge in [-0.05, 0) is 25.1 Å². The van der Waals surface area contributed by atoms with E-state index in [-0.39, 0.29) is 30.2 Å². The number of halogens is 1. The first-order valence-corrected chi connectivity index (χ1v) is 7.65. The van der Waals surface area contributed by atoms with Crippen molar-refractivity contribution in [2.24, 2.45) is 5.92 Å². The fraction of sp³-hybridized carbons (Fsp3) is 0.467. The summed E-state index contributed by atoms with van der Waals surface area (Å²) >= 11 is 3.36. The number of ether oxygens (including phenoxy) is 1. The molecule has 1 fully saturated rings. The highest BCUT2D eigenvalue weighted by molar-refractivity contribution is 9.10. The summed E-state index contributed by atoms with van der Waals surface area (Å²) in [6, 6.07) is 7.39. The maximum atomic E-state index is 12.3. The second-order valence-electron chi connectivity index (χ2n) is 5.25. The number of amides is 2. The average Bonchev–Trinajstić information content (AvgIpc) is 2.81. The fourth-order valence-corrected chi connectivity index (χ4v) is 2.87. The summed E-state index contributed by atoms with van der Waals surface area (Å²) in [5.74, 6) is -0.418. The minimum absolute atomic E-state index is 0.00818. The molecule has 1 aliphatic rings. The number of nitrogens with one attached hydrogen (secondary N) is 1. The number of hydrogen-bond acceptors (Lipinski definition) is 3. The summed E-state index contributed by atoms with van der Waals surface area (Å²) in [5, 5.41) is 2.86. The van der Waals surface area contributed by atoms with Gasteiger partial charge < -0.3 is 15.0 Å². The maximum Gasteiger partial charge on any atom is 0.229 e. The van der Waals surface area contributed by atoms with E-state index in [0.717, 1.165) is 10.2 Å². The number of hydrogen-bond donors (Lipinski definition) is 1. The van der Waals surface area contributed by atoms with Gasteiger partial charge in [0.25, 0.3) is 0 Å². The van der Waals surface area contributed by atoms with E-state index < -0.39 is 0 Å². The number of likely N-dealkylation sites (tertiary alicyclic amines) is 1. The van der Waals surface area contributed by atoms with Crippen LogP contribution >= 0.6 is 15.9 Å². The summed E-state index contributed by atoms with van der Waals surface area (Å²) < 4.78 is 5.97. The number of anilines is 1. The van der Waals surface area contributed by atoms with Crippen molar-refractivity contribution in [1.29, 1.82) is 0 Å². The van der Waals surface area contributed by atoms with Gasteiger partial charge in [0.15, 0.2) is 0 Å². The van der Waals surface area contributed by atoms with Crippen LogP contribution in [0.3, 0.4) is 0 Å². The lowest BCUT2D eigenvalue weighted by atomic mass is 10.1. The molecule has 0 aliphatic carbocycles. The van der Waals surface area contributed by atoms with Gasteiger partial charge in [0.1, 0.15) is 0 Å². The van der Waals surface area contributed by atoms with Gasteiger partial charge in [0, 0.05) is 30.2 Å². The van der Waals surface area contributed by atoms with Gasteiger partial charge in [0.05, 0.1) is 18.6 Å². The Hall–Kier alpha value is -1.40. The predicted molar refractivity (Wildman–Crippen MR) is 83.9 cm³/mol. The molecule has 21 heavy (non-hydrogen) atoms. The molecule has 1 heterocycles. The molecule has 6 heteroatoms. The molecule has 0 spiro atoms. The van der Waals surface area contributed by atoms with E-state index in [1.807, 2.05) is 31.2 Å². The van der Waals surface area contributed by atoms with Crippen LogP contribution in [0.15, 0.2) is 28.7 Å². The second-order valence-corrected chi connectivity index (χ2v) is 6.17. The molecular weight excluding hydrogens is 336 g/mol. The molecule has 0 radical (unpaired) electrons. The number of carbonyl (C=O) groups is 2. The molecule has 0 saturated carbocycles. The lowest BCUT2D eigenvalue weighted by Crippen LogP contribution is -2.38. The van der Waals surface area contributed by atoms with Crippen molar-refractivity contribution in [1.82, 2.24) is 4.90 Å². The smallest absolute Gasteiger partial charge is 0.229 e. The highest BCUT2D eigenvalue weighted by Crippen LogP contribution is 2.23. The van der Waals surface area contributed by atoms with E-state index in [1.54, 1.807) is 12.0 Å². The molecule has 114 valence electrons. The number of nitrogens with zero attached hydrogens (tertiary/aromatic N) is 1. The van der Waals surface area contributed by atoms with Crippen molar-refractivity contribution in [2.45, 2.75) is 19.4 Å². The third-order valence-electron chi connectivity index (χ3n) is 3.56. The van der Waals surface area contributed by atoms with Gasteiger partial charge in [0.2, 0.25) is 11.8 Å². The Labute approximate surface area is 132 Å². The number of rotatable bonds is 5. The van der Waals surface area contributed by atoms with Crippen molar-refractivity contribution >= 4 is 33.4 Å². The van der Waals surface area contributed by atoms with Crippen LogP contribution in [0.25, 0.3) is 0 Å². The zero-order valence-electron chi connectivity index (χ0n) is 12.1. The molecule has 1 N–H and O–H groups in total. The molecule has 1 aliphatic heterocycles. The highest BCUT2D eigenvalue weighted by Gasteiger charge is 2.36. The summed E-state index contributed by atoms with van der Waals surface area (Å²) in [6.07, 6.45) is 0.258. The van der Waals surface area contributed by atoms with Crippen molar-refractivity contribution in [3.63, 3.8) is 0 Å². The quantitative estimate of drug-likeness (QED) is 0.882. The molecule has 2 atom stereocenters. The third-order valence-corrected chi connectivity index (χ3v) is 4.05. The Kier molecular flexibility index (Phi) is 5.36. The molecule has 1 aromatic rings. The van der Waals surface area contributed by atoms with Crippen LogP contribution in [-0.2, 0) is 14.3 Å². The summed E-state index contributed by atoms with van der Waals surface area (Å²) in [7, 11) is 1.61. The Morgan fingerprint density at radius 3 is 3.00 bits per heavy atom. The Balaban J connectivity index is 1.97. The topological polar surface area (TPSA) is 58.6 Å². The Bertz CT molecular complexity index is 535. The first kappa shape index (κ1) is 16.0. The third kappa shape index (κ3) is 4.04. The predicted octanol–water partition coefficient (Wildman–Crippen LogP) is 2.27. The lowest BCUT2D eigenvalue weighted by Gasteiger charge is -2.23. The van der Waals surface area contributed by atoms with Crippen LogP contribution in [0, 0.1) is 5.92 Å². The van der Waals surface area contributed by atoms with Crippen LogP contribution in [0.2, 0.25) is 0 Å². The van der Waals surface area contributed by atoms with Crippen LogP contribution in [0.5, 0.6) is 0 Å². The minimum Gasteiger partial charge on any atom is -0.383 e. The van der Waals surface area contributed by atoms with Crippen LogP contribution in [0.4, 0.5) is 5.69 Å². The van der Waals surface area contributed by atoms with Crippen molar-refractivity contribution in [3.8, 4) is 0 Å². The minimum atomic E-state index is -0.309. The van der Waals surface area contributed by atoms with Gasteiger partial charge in [-0.25, -0.2) is 0 Å². The Morgan fingerprint density at radius 2 is 2.33 bits per heavy atom. The van der Waals surface area contributed by atoms with Crippen LogP contribution in [0.1, 0.15) is 13.3 Å². The number of methoxy groups -OCH3 is 1. The average molecular weight is 355 g/mol. The normalized spacial score (nSPS) is 19.7. The summed E-state index contributed by atoms with van der Waals surface area (Å²) in [4.78, 5) is 26.0. The van der Waals surface area contributed by atoms with Gasteiger partial charge in [-0.3, -0.25) is 9.59 Å². The van der Waals surface area contributed by atoms with E-state index in [1.165, 1.54) is 0 Å². The molecule has 0 aromatic heterocycles. The van der Waals surface area contributed by atoms with Crippen molar-refractivity contribution in [2.75, 3.05) is 25.6 Å². The summed E-state index contributed by atoms with van der Waals surface area (Å²) in [6.45, 7) is 2.85. The van der Waals surface area contributed by atoms with E-state index in [2.05, 4.69) is 21.2 Å². The first-order chi connectivity index (χ1) is 10.0. The largest absolute Gasteiger partial charge is 0.383 e. The molecule has 1 aromatic carbocycles. The molecular formula is C15H19BrN2O3. The van der Waals surface area contributed by atoms with Crippen molar-refractivity contribution < 1.29 is 14.3 Å². The van der Waals surface area contributed by atoms with E-state index >= 15 is 0 Å². The van der Waals surface area contributed by atoms with Crippen molar-refractivity contribution in [3.05, 3.63) is 28.7 Å². The molecule has 5 nitrogen and oxygen atoms in total.